The molecular weight excluding hydrogens is 260 g/mol. The van der Waals surface area contributed by atoms with Gasteiger partial charge in [-0.05, 0) is 18.1 Å². The highest BCUT2D eigenvalue weighted by Crippen LogP contribution is 2.28. The van der Waals surface area contributed by atoms with Gasteiger partial charge in [0.05, 0.1) is 0 Å². The Morgan fingerprint density at radius 2 is 1.94 bits per heavy atom. The van der Waals surface area contributed by atoms with Gasteiger partial charge in [0, 0.05) is 13.3 Å². The highest BCUT2D eigenvalue weighted by molar-refractivity contribution is 7.86. The Kier molecular flexibility index (Phi) is 4.69. The number of rotatable bonds is 1. The van der Waals surface area contributed by atoms with Gasteiger partial charge in [0.15, 0.2) is 0 Å². The first kappa shape index (κ1) is 14.5. The van der Waals surface area contributed by atoms with E-state index in [1.54, 1.807) is 12.1 Å². The average Bonchev–Trinajstić information content (AvgIpc) is 2.26. The molecule has 1 atom stereocenters. The van der Waals surface area contributed by atoms with Crippen LogP contribution in [0.15, 0.2) is 24.3 Å². The topological polar surface area (TPSA) is 101 Å². The minimum absolute atomic E-state index is 0.301. The average molecular weight is 274 g/mol. The van der Waals surface area contributed by atoms with Crippen molar-refractivity contribution >= 4 is 16.1 Å². The molecule has 0 amide bonds. The lowest BCUT2D eigenvalue weighted by Crippen LogP contribution is -2.30. The van der Waals surface area contributed by atoms with Crippen molar-refractivity contribution < 1.29 is 27.6 Å². The maximum absolute atomic E-state index is 10.8. The number of para-hydroxylation sites is 1. The standard InChI is InChI=1S/C9H10O4S.C2H4O2/c10-14(11,12)9-6-5-7-3-1-2-4-8(7)13-9;1-2(3)4/h1-4,9H,5-6H2,(H,10,11,12);1H3,(H,3,4). The summed E-state index contributed by atoms with van der Waals surface area (Å²) in [4.78, 5) is 9.00. The van der Waals surface area contributed by atoms with Gasteiger partial charge < -0.3 is 9.84 Å². The Balaban J connectivity index is 0.000000357. The zero-order valence-corrected chi connectivity index (χ0v) is 10.6. The summed E-state index contributed by atoms with van der Waals surface area (Å²) in [5.74, 6) is -0.290. The fourth-order valence-electron chi connectivity index (χ4n) is 1.51. The number of ether oxygens (including phenoxy) is 1. The SMILES string of the molecule is CC(=O)O.O=S(=O)(O)C1CCc2ccccc2O1. The van der Waals surface area contributed by atoms with E-state index in [1.807, 2.05) is 12.1 Å². The van der Waals surface area contributed by atoms with Crippen LogP contribution >= 0.6 is 0 Å². The number of aliphatic carboxylic acids is 1. The summed E-state index contributed by atoms with van der Waals surface area (Å²) in [5.41, 5.74) is -0.134. The number of benzene rings is 1. The Bertz CT molecular complexity index is 518. The predicted octanol–water partition coefficient (Wildman–Crippen LogP) is 1.32. The van der Waals surface area contributed by atoms with Crippen LogP contribution in [-0.2, 0) is 21.3 Å². The van der Waals surface area contributed by atoms with E-state index in [9.17, 15) is 8.42 Å². The lowest BCUT2D eigenvalue weighted by Gasteiger charge is -2.23. The molecule has 1 heterocycles. The summed E-state index contributed by atoms with van der Waals surface area (Å²) >= 11 is 0. The van der Waals surface area contributed by atoms with Crippen LogP contribution in [-0.4, -0.2) is 29.5 Å². The smallest absolute Gasteiger partial charge is 0.303 e. The minimum atomic E-state index is -4.09. The molecule has 1 aromatic rings. The first-order valence-electron chi connectivity index (χ1n) is 5.21. The zero-order valence-electron chi connectivity index (χ0n) is 9.74. The van der Waals surface area contributed by atoms with Gasteiger partial charge in [-0.2, -0.15) is 8.42 Å². The van der Waals surface area contributed by atoms with E-state index in [0.29, 0.717) is 18.6 Å². The van der Waals surface area contributed by atoms with Gasteiger partial charge in [-0.15, -0.1) is 0 Å². The fourth-order valence-corrected chi connectivity index (χ4v) is 2.15. The van der Waals surface area contributed by atoms with E-state index in [0.717, 1.165) is 12.5 Å². The summed E-state index contributed by atoms with van der Waals surface area (Å²) in [6, 6.07) is 7.23. The number of aryl methyl sites for hydroxylation is 1. The van der Waals surface area contributed by atoms with Crippen molar-refractivity contribution in [2.45, 2.75) is 25.2 Å². The van der Waals surface area contributed by atoms with E-state index in [1.165, 1.54) is 0 Å². The third-order valence-electron chi connectivity index (χ3n) is 2.21. The fraction of sp³-hybridized carbons (Fsp3) is 0.364. The van der Waals surface area contributed by atoms with Crippen LogP contribution in [0.4, 0.5) is 0 Å². The Hall–Kier alpha value is -1.60. The van der Waals surface area contributed by atoms with Crippen LogP contribution in [0.3, 0.4) is 0 Å². The molecule has 0 fully saturated rings. The summed E-state index contributed by atoms with van der Waals surface area (Å²) < 4.78 is 35.6. The van der Waals surface area contributed by atoms with Crippen molar-refractivity contribution in [1.82, 2.24) is 0 Å². The molecule has 0 saturated carbocycles. The number of carbonyl (C=O) groups is 1. The van der Waals surface area contributed by atoms with E-state index in [2.05, 4.69) is 0 Å². The second-order valence-corrected chi connectivity index (χ2v) is 5.28. The van der Waals surface area contributed by atoms with Gasteiger partial charge in [-0.3, -0.25) is 9.35 Å². The van der Waals surface area contributed by atoms with E-state index in [4.69, 9.17) is 19.2 Å². The highest BCUT2D eigenvalue weighted by Gasteiger charge is 2.29. The first-order chi connectivity index (χ1) is 8.30. The van der Waals surface area contributed by atoms with Crippen LogP contribution in [0.2, 0.25) is 0 Å². The van der Waals surface area contributed by atoms with E-state index >= 15 is 0 Å². The number of hydrogen-bond acceptors (Lipinski definition) is 4. The quantitative estimate of drug-likeness (QED) is 0.749. The van der Waals surface area contributed by atoms with Crippen molar-refractivity contribution in [2.75, 3.05) is 0 Å². The van der Waals surface area contributed by atoms with Gasteiger partial charge in [0.2, 0.25) is 5.44 Å². The lowest BCUT2D eigenvalue weighted by molar-refractivity contribution is -0.134. The largest absolute Gasteiger partial charge is 0.481 e. The normalized spacial score (nSPS) is 17.8. The van der Waals surface area contributed by atoms with Crippen molar-refractivity contribution in [3.63, 3.8) is 0 Å². The second-order valence-electron chi connectivity index (χ2n) is 3.73. The molecular formula is C11H14O6S. The molecule has 100 valence electrons. The molecule has 0 aliphatic carbocycles. The molecule has 1 aliphatic rings. The Morgan fingerprint density at radius 3 is 2.50 bits per heavy atom. The summed E-state index contributed by atoms with van der Waals surface area (Å²) in [7, 11) is -4.09. The van der Waals surface area contributed by atoms with E-state index < -0.39 is 21.5 Å². The number of carboxylic acids is 1. The van der Waals surface area contributed by atoms with Crippen molar-refractivity contribution in [3.8, 4) is 5.75 Å². The van der Waals surface area contributed by atoms with Crippen molar-refractivity contribution in [1.29, 1.82) is 0 Å². The summed E-state index contributed by atoms with van der Waals surface area (Å²) in [6.45, 7) is 1.08. The number of carboxylic acid groups (broad SMARTS) is 1. The van der Waals surface area contributed by atoms with Crippen LogP contribution < -0.4 is 4.74 Å². The third-order valence-corrected chi connectivity index (χ3v) is 3.21. The molecule has 2 rings (SSSR count). The molecule has 0 spiro atoms. The zero-order chi connectivity index (χ0) is 13.8. The maximum Gasteiger partial charge on any atom is 0.303 e. The molecule has 6 nitrogen and oxygen atoms in total. The summed E-state index contributed by atoms with van der Waals surface area (Å²) in [5, 5.41) is 7.42. The van der Waals surface area contributed by atoms with Crippen LogP contribution in [0.5, 0.6) is 5.75 Å². The van der Waals surface area contributed by atoms with Gasteiger partial charge in [-0.1, -0.05) is 18.2 Å². The Labute approximate surface area is 105 Å². The Morgan fingerprint density at radius 1 is 1.39 bits per heavy atom. The molecule has 0 bridgehead atoms. The van der Waals surface area contributed by atoms with Gasteiger partial charge in [-0.25, -0.2) is 0 Å². The molecule has 0 aromatic heterocycles. The molecule has 7 heteroatoms. The van der Waals surface area contributed by atoms with Crippen molar-refractivity contribution in [2.24, 2.45) is 0 Å². The van der Waals surface area contributed by atoms with Crippen LogP contribution in [0.25, 0.3) is 0 Å². The third kappa shape index (κ3) is 4.34. The lowest BCUT2D eigenvalue weighted by atomic mass is 10.1. The van der Waals surface area contributed by atoms with Gasteiger partial charge >= 0.3 is 10.1 Å². The maximum atomic E-state index is 10.8. The molecule has 18 heavy (non-hydrogen) atoms. The minimum Gasteiger partial charge on any atom is -0.481 e. The van der Waals surface area contributed by atoms with Crippen molar-refractivity contribution in [3.05, 3.63) is 29.8 Å². The molecule has 1 aromatic carbocycles. The monoisotopic (exact) mass is 274 g/mol. The predicted molar refractivity (Wildman–Crippen MR) is 64.0 cm³/mol. The van der Waals surface area contributed by atoms with E-state index in [-0.39, 0.29) is 0 Å². The number of fused-ring (bicyclic) bond motifs is 1. The molecule has 2 N–H and O–H groups in total. The molecule has 1 unspecified atom stereocenters. The molecule has 0 radical (unpaired) electrons. The highest BCUT2D eigenvalue weighted by atomic mass is 32.2. The second kappa shape index (κ2) is 5.83. The molecule has 1 aliphatic heterocycles. The van der Waals surface area contributed by atoms with Crippen LogP contribution in [0.1, 0.15) is 18.9 Å². The number of hydrogen-bond donors (Lipinski definition) is 2. The van der Waals surface area contributed by atoms with Gasteiger partial charge in [0.25, 0.3) is 5.97 Å². The first-order valence-corrected chi connectivity index (χ1v) is 6.71. The van der Waals surface area contributed by atoms with Crippen LogP contribution in [0, 0.1) is 0 Å². The molecule has 0 saturated heterocycles. The van der Waals surface area contributed by atoms with Gasteiger partial charge in [0.1, 0.15) is 5.75 Å². The summed E-state index contributed by atoms with van der Waals surface area (Å²) in [6.07, 6.45) is 0.913.